The van der Waals surface area contributed by atoms with Crippen LogP contribution in [0, 0.1) is 5.92 Å². The molecule has 0 aliphatic heterocycles. The van der Waals surface area contributed by atoms with Crippen LogP contribution in [0.4, 0.5) is 0 Å². The standard InChI is InChI=1S/C11H11O/c12-11(9-5-1-2-6-9)10-7-3-4-8-10/h1-9,11-12H/q-1. The van der Waals surface area contributed by atoms with Crippen molar-refractivity contribution in [2.45, 2.75) is 6.10 Å². The topological polar surface area (TPSA) is 20.2 Å². The van der Waals surface area contributed by atoms with E-state index in [9.17, 15) is 5.11 Å². The van der Waals surface area contributed by atoms with E-state index in [4.69, 9.17) is 0 Å². The monoisotopic (exact) mass is 159 g/mol. The van der Waals surface area contributed by atoms with Crippen molar-refractivity contribution >= 4 is 0 Å². The van der Waals surface area contributed by atoms with Gasteiger partial charge in [-0.2, -0.15) is 12.1 Å². The summed E-state index contributed by atoms with van der Waals surface area (Å²) in [7, 11) is 0. The molecule has 0 heterocycles. The Morgan fingerprint density at radius 2 is 1.67 bits per heavy atom. The molecule has 1 heteroatoms. The van der Waals surface area contributed by atoms with Crippen molar-refractivity contribution in [2.75, 3.05) is 0 Å². The van der Waals surface area contributed by atoms with Crippen molar-refractivity contribution < 1.29 is 5.11 Å². The molecule has 0 bridgehead atoms. The molecule has 1 unspecified atom stereocenters. The zero-order chi connectivity index (χ0) is 8.39. The predicted octanol–water partition coefficient (Wildman–Crippen LogP) is 2.18. The van der Waals surface area contributed by atoms with Crippen LogP contribution in [0.1, 0.15) is 11.7 Å². The van der Waals surface area contributed by atoms with E-state index in [-0.39, 0.29) is 12.0 Å². The Bertz CT molecular complexity index is 281. The predicted molar refractivity (Wildman–Crippen MR) is 48.8 cm³/mol. The molecule has 1 aliphatic carbocycles. The lowest BCUT2D eigenvalue weighted by Gasteiger charge is -2.17. The highest BCUT2D eigenvalue weighted by Crippen LogP contribution is 2.26. The number of aliphatic hydroxyl groups is 1. The molecule has 0 aromatic heterocycles. The van der Waals surface area contributed by atoms with Gasteiger partial charge in [0.2, 0.25) is 0 Å². The van der Waals surface area contributed by atoms with Crippen LogP contribution in [-0.2, 0) is 0 Å². The Labute approximate surface area is 72.0 Å². The first-order valence-corrected chi connectivity index (χ1v) is 4.12. The third-order valence-electron chi connectivity index (χ3n) is 2.17. The summed E-state index contributed by atoms with van der Waals surface area (Å²) in [4.78, 5) is 0. The molecule has 1 aromatic rings. The van der Waals surface area contributed by atoms with E-state index >= 15 is 0 Å². The Hall–Kier alpha value is -1.21. The summed E-state index contributed by atoms with van der Waals surface area (Å²) in [5.74, 6) is 0.160. The van der Waals surface area contributed by atoms with E-state index < -0.39 is 0 Å². The third-order valence-corrected chi connectivity index (χ3v) is 2.17. The molecule has 1 aromatic carbocycles. The van der Waals surface area contributed by atoms with E-state index in [0.29, 0.717) is 0 Å². The minimum atomic E-state index is -0.380. The zero-order valence-corrected chi connectivity index (χ0v) is 6.72. The number of hydrogen-bond acceptors (Lipinski definition) is 1. The first-order chi connectivity index (χ1) is 5.88. The van der Waals surface area contributed by atoms with E-state index in [1.807, 2.05) is 48.6 Å². The van der Waals surface area contributed by atoms with Gasteiger partial charge >= 0.3 is 0 Å². The van der Waals surface area contributed by atoms with Gasteiger partial charge in [-0.15, -0.1) is 5.56 Å². The Morgan fingerprint density at radius 3 is 2.25 bits per heavy atom. The molecule has 0 fully saturated rings. The van der Waals surface area contributed by atoms with Crippen LogP contribution in [0.5, 0.6) is 0 Å². The number of hydrogen-bond donors (Lipinski definition) is 1. The maximum atomic E-state index is 9.81. The van der Waals surface area contributed by atoms with Crippen LogP contribution in [-0.4, -0.2) is 5.11 Å². The average Bonchev–Trinajstić information content (AvgIpc) is 2.77. The largest absolute Gasteiger partial charge is 0.400 e. The number of allylic oxidation sites excluding steroid dienone is 2. The minimum absolute atomic E-state index is 0.160. The van der Waals surface area contributed by atoms with Gasteiger partial charge in [-0.25, -0.2) is 12.1 Å². The maximum absolute atomic E-state index is 9.81. The highest BCUT2D eigenvalue weighted by atomic mass is 16.3. The highest BCUT2D eigenvalue weighted by molar-refractivity contribution is 5.26. The van der Waals surface area contributed by atoms with Crippen molar-refractivity contribution in [2.24, 2.45) is 5.92 Å². The van der Waals surface area contributed by atoms with E-state index in [0.717, 1.165) is 5.56 Å². The summed E-state index contributed by atoms with van der Waals surface area (Å²) in [6.07, 6.45) is 7.58. The molecular weight excluding hydrogens is 148 g/mol. The molecule has 0 radical (unpaired) electrons. The molecule has 1 atom stereocenters. The van der Waals surface area contributed by atoms with Gasteiger partial charge in [0.25, 0.3) is 0 Å². The van der Waals surface area contributed by atoms with Crippen LogP contribution < -0.4 is 0 Å². The van der Waals surface area contributed by atoms with Gasteiger partial charge in [0.15, 0.2) is 0 Å². The fourth-order valence-electron chi connectivity index (χ4n) is 1.47. The molecule has 1 N–H and O–H groups in total. The smallest absolute Gasteiger partial charge is 0.0448 e. The summed E-state index contributed by atoms with van der Waals surface area (Å²) in [6.45, 7) is 0. The second kappa shape index (κ2) is 3.03. The Morgan fingerprint density at radius 1 is 1.08 bits per heavy atom. The van der Waals surface area contributed by atoms with Crippen LogP contribution in [0.3, 0.4) is 0 Å². The molecule has 2 rings (SSSR count). The first-order valence-electron chi connectivity index (χ1n) is 4.12. The van der Waals surface area contributed by atoms with Gasteiger partial charge in [-0.3, -0.25) is 0 Å². The van der Waals surface area contributed by atoms with Crippen LogP contribution in [0.2, 0.25) is 0 Å². The minimum Gasteiger partial charge on any atom is -0.400 e. The summed E-state index contributed by atoms with van der Waals surface area (Å²) in [5.41, 5.74) is 0.996. The van der Waals surface area contributed by atoms with Crippen molar-refractivity contribution in [3.05, 3.63) is 54.1 Å². The van der Waals surface area contributed by atoms with Gasteiger partial charge in [-0.1, -0.05) is 24.3 Å². The molecule has 1 aliphatic rings. The van der Waals surface area contributed by atoms with Crippen LogP contribution in [0.25, 0.3) is 0 Å². The zero-order valence-electron chi connectivity index (χ0n) is 6.72. The lowest BCUT2D eigenvalue weighted by atomic mass is 9.99. The molecule has 62 valence electrons. The lowest BCUT2D eigenvalue weighted by Crippen LogP contribution is -2.05. The summed E-state index contributed by atoms with van der Waals surface area (Å²) in [5, 5.41) is 9.81. The van der Waals surface area contributed by atoms with Crippen molar-refractivity contribution in [3.63, 3.8) is 0 Å². The molecule has 0 saturated heterocycles. The first kappa shape index (κ1) is 7.44. The fraction of sp³-hybridized carbons (Fsp3) is 0.182. The Balaban J connectivity index is 2.15. The van der Waals surface area contributed by atoms with Gasteiger partial charge in [0.1, 0.15) is 0 Å². The highest BCUT2D eigenvalue weighted by Gasteiger charge is 2.13. The molecule has 1 nitrogen and oxygen atoms in total. The number of aliphatic hydroxyl groups excluding tert-OH is 1. The SMILES string of the molecule is OC([c-]1cccc1)C1C=CC=C1. The third kappa shape index (κ3) is 1.23. The summed E-state index contributed by atoms with van der Waals surface area (Å²) >= 11 is 0. The molecule has 12 heavy (non-hydrogen) atoms. The fourth-order valence-corrected chi connectivity index (χ4v) is 1.47. The second-order valence-corrected chi connectivity index (χ2v) is 3.01. The summed E-state index contributed by atoms with van der Waals surface area (Å²) < 4.78 is 0. The summed E-state index contributed by atoms with van der Waals surface area (Å²) in [6, 6.07) is 7.79. The molecule has 0 spiro atoms. The van der Waals surface area contributed by atoms with E-state index in [1.165, 1.54) is 0 Å². The number of rotatable bonds is 2. The maximum Gasteiger partial charge on any atom is 0.0448 e. The molecule has 0 amide bonds. The van der Waals surface area contributed by atoms with Gasteiger partial charge in [-0.05, 0) is 0 Å². The van der Waals surface area contributed by atoms with Crippen molar-refractivity contribution in [1.29, 1.82) is 0 Å². The van der Waals surface area contributed by atoms with Gasteiger partial charge in [0.05, 0.1) is 0 Å². The van der Waals surface area contributed by atoms with Gasteiger partial charge in [0, 0.05) is 12.0 Å². The van der Waals surface area contributed by atoms with Crippen LogP contribution in [0.15, 0.2) is 48.6 Å². The van der Waals surface area contributed by atoms with E-state index in [1.54, 1.807) is 0 Å². The lowest BCUT2D eigenvalue weighted by molar-refractivity contribution is 0.152. The van der Waals surface area contributed by atoms with Gasteiger partial charge < -0.3 is 5.11 Å². The van der Waals surface area contributed by atoms with E-state index in [2.05, 4.69) is 0 Å². The van der Waals surface area contributed by atoms with Crippen molar-refractivity contribution in [3.8, 4) is 0 Å². The Kier molecular flexibility index (Phi) is 1.88. The molecular formula is C11H11O-. The van der Waals surface area contributed by atoms with Crippen molar-refractivity contribution in [1.82, 2.24) is 0 Å². The molecule has 0 saturated carbocycles. The normalized spacial score (nSPS) is 18.8. The second-order valence-electron chi connectivity index (χ2n) is 3.01. The quantitative estimate of drug-likeness (QED) is 0.656. The average molecular weight is 159 g/mol. The van der Waals surface area contributed by atoms with Crippen LogP contribution >= 0.6 is 0 Å².